The molecule has 0 amide bonds. The summed E-state index contributed by atoms with van der Waals surface area (Å²) < 4.78 is 120. The number of halogens is 10. The average molecular weight is 266 g/mol. The van der Waals surface area contributed by atoms with Gasteiger partial charge in [0, 0.05) is 0 Å². The van der Waals surface area contributed by atoms with Gasteiger partial charge in [0.15, 0.2) is 0 Å². The van der Waals surface area contributed by atoms with Crippen molar-refractivity contribution >= 4 is 0 Å². The van der Waals surface area contributed by atoms with Crippen LogP contribution in [0.3, 0.4) is 0 Å². The van der Waals surface area contributed by atoms with Gasteiger partial charge in [0.2, 0.25) is 5.41 Å². The Kier molecular flexibility index (Phi) is 4.46. The van der Waals surface area contributed by atoms with Crippen LogP contribution in [0.2, 0.25) is 0 Å². The molecule has 0 aromatic heterocycles. The molecule has 0 aliphatic carbocycles. The van der Waals surface area contributed by atoms with Crippen LogP contribution in [0.25, 0.3) is 0 Å². The molecule has 0 rings (SSSR count). The van der Waals surface area contributed by atoms with Crippen LogP contribution in [0.4, 0.5) is 43.9 Å². The second-order valence-corrected chi connectivity index (χ2v) is 2.76. The highest BCUT2D eigenvalue weighted by Crippen LogP contribution is 2.53. The zero-order valence-corrected chi connectivity index (χ0v) is 7.09. The Balaban J connectivity index is 5.72. The van der Waals surface area contributed by atoms with Crippen LogP contribution in [-0.2, 0) is 0 Å². The average Bonchev–Trinajstić information content (AvgIpc) is 2.00. The smallest absolute Gasteiger partial charge is 0.209 e. The highest BCUT2D eigenvalue weighted by Gasteiger charge is 2.75. The van der Waals surface area contributed by atoms with Crippen LogP contribution >= 0.6 is 0 Å². The van der Waals surface area contributed by atoms with Crippen molar-refractivity contribution in [3.8, 4) is 0 Å². The van der Waals surface area contributed by atoms with E-state index >= 15 is 0 Å². The van der Waals surface area contributed by atoms with Crippen molar-refractivity contribution in [2.45, 2.75) is 31.6 Å². The molecule has 0 nitrogen and oxygen atoms in total. The molecule has 0 aromatic carbocycles. The molecule has 0 saturated carbocycles. The first-order valence-electron chi connectivity index (χ1n) is 3.53. The number of hydrogen-bond acceptors (Lipinski definition) is 0. The summed E-state index contributed by atoms with van der Waals surface area (Å²) in [6.07, 6.45) is -20.1. The van der Waals surface area contributed by atoms with Crippen molar-refractivity contribution in [1.29, 1.82) is 0 Å². The fraction of sp³-hybridized carbons (Fsp3) is 1.00. The second kappa shape index (κ2) is 4.66. The monoisotopic (exact) mass is 266 g/mol. The van der Waals surface area contributed by atoms with Crippen molar-refractivity contribution in [3.63, 3.8) is 0 Å². The number of alkyl halides is 10. The highest BCUT2D eigenvalue weighted by atomic mass is 19.3. The zero-order valence-electron chi connectivity index (χ0n) is 7.09. The van der Waals surface area contributed by atoms with E-state index in [0.717, 1.165) is 0 Å². The Hall–Kier alpha value is -0.700. The largest absolute Gasteiger partial charge is 0.329 e. The van der Waals surface area contributed by atoms with E-state index in [1.54, 1.807) is 0 Å². The molecule has 0 radical (unpaired) electrons. The van der Waals surface area contributed by atoms with Gasteiger partial charge in [-0.05, 0) is 0 Å². The molecule has 0 aliphatic heterocycles. The van der Waals surface area contributed by atoms with Gasteiger partial charge in [-0.15, -0.1) is 0 Å². The lowest BCUT2D eigenvalue weighted by molar-refractivity contribution is -0.322. The first-order chi connectivity index (χ1) is 7.02. The molecule has 0 atom stereocenters. The predicted molar refractivity (Wildman–Crippen MR) is 31.4 cm³/mol. The summed E-state index contributed by atoms with van der Waals surface area (Å²) in [5.41, 5.74) is -5.67. The molecular formula is C6H4F10. The Morgan fingerprint density at radius 3 is 0.812 bits per heavy atom. The molecule has 0 saturated heterocycles. The van der Waals surface area contributed by atoms with E-state index < -0.39 is 37.0 Å². The standard InChI is InChI=1S/C6H4F10/c7-1(8)5(2(9)10,3(11)12)6(15,16)4(13)14/h1-4H. The van der Waals surface area contributed by atoms with Gasteiger partial charge in [-0.25, -0.2) is 35.1 Å². The fourth-order valence-corrected chi connectivity index (χ4v) is 0.911. The summed E-state index contributed by atoms with van der Waals surface area (Å²) in [6, 6.07) is 0. The second-order valence-electron chi connectivity index (χ2n) is 2.76. The van der Waals surface area contributed by atoms with Crippen molar-refractivity contribution in [2.75, 3.05) is 0 Å². The lowest BCUT2D eigenvalue weighted by Gasteiger charge is -2.37. The minimum absolute atomic E-state index is 5.00. The molecule has 0 aliphatic rings. The SMILES string of the molecule is FC(F)C(F)(F)C(C(F)F)(C(F)F)C(F)F. The van der Waals surface area contributed by atoms with E-state index in [4.69, 9.17) is 0 Å². The Bertz CT molecular complexity index is 200. The lowest BCUT2D eigenvalue weighted by Crippen LogP contribution is -2.60. The summed E-state index contributed by atoms with van der Waals surface area (Å²) >= 11 is 0. The first kappa shape index (κ1) is 15.3. The minimum atomic E-state index is -6.20. The predicted octanol–water partition coefficient (Wildman–Crippen LogP) is 3.67. The summed E-state index contributed by atoms with van der Waals surface area (Å²) in [6.45, 7) is 0. The van der Waals surface area contributed by atoms with E-state index in [1.807, 2.05) is 0 Å². The fourth-order valence-electron chi connectivity index (χ4n) is 0.911. The van der Waals surface area contributed by atoms with Crippen LogP contribution < -0.4 is 0 Å². The van der Waals surface area contributed by atoms with Crippen LogP contribution in [-0.4, -0.2) is 31.6 Å². The van der Waals surface area contributed by atoms with Gasteiger partial charge in [-0.2, -0.15) is 8.78 Å². The third-order valence-electron chi connectivity index (χ3n) is 1.93. The highest BCUT2D eigenvalue weighted by molar-refractivity contribution is 5.00. The van der Waals surface area contributed by atoms with Crippen LogP contribution in [0.15, 0.2) is 0 Å². The molecule has 0 heterocycles. The third kappa shape index (κ3) is 1.93. The molecule has 0 N–H and O–H groups in total. The molecule has 10 heteroatoms. The van der Waals surface area contributed by atoms with Crippen molar-refractivity contribution in [1.82, 2.24) is 0 Å². The maximum Gasteiger partial charge on any atom is 0.329 e. The molecule has 0 unspecified atom stereocenters. The van der Waals surface area contributed by atoms with Crippen LogP contribution in [0, 0.1) is 5.41 Å². The maximum absolute atomic E-state index is 12.4. The first-order valence-corrected chi connectivity index (χ1v) is 3.53. The normalized spacial score (nSPS) is 14.6. The van der Waals surface area contributed by atoms with Crippen LogP contribution in [0.5, 0.6) is 0 Å². The minimum Gasteiger partial charge on any atom is -0.209 e. The molecular weight excluding hydrogens is 262 g/mol. The van der Waals surface area contributed by atoms with Gasteiger partial charge >= 0.3 is 12.3 Å². The molecule has 0 spiro atoms. The molecule has 16 heavy (non-hydrogen) atoms. The van der Waals surface area contributed by atoms with Gasteiger partial charge in [0.1, 0.15) is 0 Å². The lowest BCUT2D eigenvalue weighted by atomic mass is 9.82. The summed E-state index contributed by atoms with van der Waals surface area (Å²) in [7, 11) is 0. The molecule has 0 aromatic rings. The summed E-state index contributed by atoms with van der Waals surface area (Å²) in [5.74, 6) is -6.20. The van der Waals surface area contributed by atoms with Crippen LogP contribution in [0.1, 0.15) is 0 Å². The van der Waals surface area contributed by atoms with Gasteiger partial charge in [0.25, 0.3) is 19.3 Å². The van der Waals surface area contributed by atoms with Crippen molar-refractivity contribution < 1.29 is 43.9 Å². The zero-order chi connectivity index (χ0) is 13.3. The Morgan fingerprint density at radius 1 is 0.500 bits per heavy atom. The third-order valence-corrected chi connectivity index (χ3v) is 1.93. The van der Waals surface area contributed by atoms with E-state index in [0.29, 0.717) is 0 Å². The van der Waals surface area contributed by atoms with Gasteiger partial charge in [-0.3, -0.25) is 0 Å². The van der Waals surface area contributed by atoms with E-state index in [1.165, 1.54) is 0 Å². The van der Waals surface area contributed by atoms with Crippen molar-refractivity contribution in [2.24, 2.45) is 5.41 Å². The van der Waals surface area contributed by atoms with Gasteiger partial charge in [-0.1, -0.05) is 0 Å². The number of rotatable bonds is 5. The molecule has 0 bridgehead atoms. The Labute approximate surface area is 82.2 Å². The van der Waals surface area contributed by atoms with E-state index in [2.05, 4.69) is 0 Å². The maximum atomic E-state index is 12.4. The van der Waals surface area contributed by atoms with Crippen molar-refractivity contribution in [3.05, 3.63) is 0 Å². The van der Waals surface area contributed by atoms with E-state index in [9.17, 15) is 43.9 Å². The number of hydrogen-bond donors (Lipinski definition) is 0. The van der Waals surface area contributed by atoms with E-state index in [-0.39, 0.29) is 0 Å². The molecule has 98 valence electrons. The quantitative estimate of drug-likeness (QED) is 0.666. The molecule has 0 fully saturated rings. The van der Waals surface area contributed by atoms with Gasteiger partial charge in [0.05, 0.1) is 0 Å². The summed E-state index contributed by atoms with van der Waals surface area (Å²) in [4.78, 5) is 0. The summed E-state index contributed by atoms with van der Waals surface area (Å²) in [5, 5.41) is 0. The van der Waals surface area contributed by atoms with Gasteiger partial charge < -0.3 is 0 Å². The topological polar surface area (TPSA) is 0 Å². The Morgan fingerprint density at radius 2 is 0.750 bits per heavy atom.